The molecule has 25 heavy (non-hydrogen) atoms. The quantitative estimate of drug-likeness (QED) is 0.731. The van der Waals surface area contributed by atoms with Gasteiger partial charge in [-0.1, -0.05) is 31.2 Å². The first-order chi connectivity index (χ1) is 12.2. The van der Waals surface area contributed by atoms with Gasteiger partial charge in [0.15, 0.2) is 0 Å². The van der Waals surface area contributed by atoms with Crippen molar-refractivity contribution < 1.29 is 0 Å². The van der Waals surface area contributed by atoms with E-state index >= 15 is 0 Å². The highest BCUT2D eigenvalue weighted by Crippen LogP contribution is 2.30. The van der Waals surface area contributed by atoms with Crippen molar-refractivity contribution in [3.8, 4) is 11.3 Å². The third-order valence-corrected chi connectivity index (χ3v) is 5.05. The molecule has 1 aromatic carbocycles. The lowest BCUT2D eigenvalue weighted by molar-refractivity contribution is 0.271. The van der Waals surface area contributed by atoms with Crippen molar-refractivity contribution in [2.75, 3.05) is 37.6 Å². The maximum Gasteiger partial charge on any atom is 0.137 e. The molecule has 0 bridgehead atoms. The molecule has 2 aromatic heterocycles. The van der Waals surface area contributed by atoms with Crippen molar-refractivity contribution in [2.24, 2.45) is 0 Å². The second-order valence-electron chi connectivity index (χ2n) is 6.66. The average Bonchev–Trinajstić information content (AvgIpc) is 2.68. The minimum atomic E-state index is 0.999. The zero-order chi connectivity index (χ0) is 17.2. The monoisotopic (exact) mass is 332 g/mol. The highest BCUT2D eigenvalue weighted by molar-refractivity contribution is 5.95. The van der Waals surface area contributed by atoms with E-state index in [9.17, 15) is 0 Å². The van der Waals surface area contributed by atoms with Gasteiger partial charge in [-0.05, 0) is 37.1 Å². The number of aromatic nitrogens is 2. The number of nitrogens with zero attached hydrogens (tertiary/aromatic N) is 4. The summed E-state index contributed by atoms with van der Waals surface area (Å²) in [4.78, 5) is 14.4. The summed E-state index contributed by atoms with van der Waals surface area (Å²) in [6, 6.07) is 14.9. The molecule has 0 radical (unpaired) electrons. The summed E-state index contributed by atoms with van der Waals surface area (Å²) >= 11 is 0. The van der Waals surface area contributed by atoms with E-state index in [4.69, 9.17) is 4.98 Å². The van der Waals surface area contributed by atoms with Gasteiger partial charge in [-0.15, -0.1) is 0 Å². The van der Waals surface area contributed by atoms with E-state index in [1.807, 2.05) is 19.2 Å². The van der Waals surface area contributed by atoms with Crippen LogP contribution < -0.4 is 4.90 Å². The molecule has 3 heterocycles. The molecule has 0 spiro atoms. The summed E-state index contributed by atoms with van der Waals surface area (Å²) in [6.07, 6.45) is 1.92. The first-order valence-electron chi connectivity index (χ1n) is 9.04. The van der Waals surface area contributed by atoms with Crippen LogP contribution in [-0.4, -0.2) is 47.6 Å². The van der Waals surface area contributed by atoms with Gasteiger partial charge in [0.2, 0.25) is 0 Å². The molecule has 0 atom stereocenters. The summed E-state index contributed by atoms with van der Waals surface area (Å²) in [6.45, 7) is 9.62. The standard InChI is InChI=1S/C21H24N4/c1-3-24-10-12-25(13-11-24)21-19-7-5-4-6-17(19)14-20(23-21)18-9-8-16(2)22-15-18/h4-9,14-15H,3,10-13H2,1-2H3. The zero-order valence-corrected chi connectivity index (χ0v) is 14.9. The Labute approximate surface area is 149 Å². The lowest BCUT2D eigenvalue weighted by Gasteiger charge is -2.35. The maximum atomic E-state index is 5.04. The Hall–Kier alpha value is -2.46. The molecule has 0 N–H and O–H groups in total. The lowest BCUT2D eigenvalue weighted by atomic mass is 10.1. The molecular weight excluding hydrogens is 308 g/mol. The Morgan fingerprint density at radius 2 is 1.80 bits per heavy atom. The van der Waals surface area contributed by atoms with Crippen LogP contribution >= 0.6 is 0 Å². The highest BCUT2D eigenvalue weighted by atomic mass is 15.3. The van der Waals surface area contributed by atoms with Gasteiger partial charge in [0.1, 0.15) is 5.82 Å². The predicted molar refractivity (Wildman–Crippen MR) is 104 cm³/mol. The Morgan fingerprint density at radius 3 is 2.52 bits per heavy atom. The number of piperazine rings is 1. The zero-order valence-electron chi connectivity index (χ0n) is 14.9. The first kappa shape index (κ1) is 16.0. The van der Waals surface area contributed by atoms with E-state index < -0.39 is 0 Å². The fourth-order valence-corrected chi connectivity index (χ4v) is 3.46. The fraction of sp³-hybridized carbons (Fsp3) is 0.333. The molecule has 4 rings (SSSR count). The maximum absolute atomic E-state index is 5.04. The second kappa shape index (κ2) is 6.81. The molecular formula is C21H24N4. The number of rotatable bonds is 3. The van der Waals surface area contributed by atoms with Crippen molar-refractivity contribution in [2.45, 2.75) is 13.8 Å². The van der Waals surface area contributed by atoms with Crippen LogP contribution in [0.3, 0.4) is 0 Å². The van der Waals surface area contributed by atoms with Crippen LogP contribution in [0, 0.1) is 6.92 Å². The summed E-state index contributed by atoms with van der Waals surface area (Å²) in [5, 5.41) is 2.47. The van der Waals surface area contributed by atoms with Gasteiger partial charge >= 0.3 is 0 Å². The largest absolute Gasteiger partial charge is 0.354 e. The summed E-state index contributed by atoms with van der Waals surface area (Å²) in [7, 11) is 0. The number of benzene rings is 1. The number of hydrogen-bond donors (Lipinski definition) is 0. The number of hydrogen-bond acceptors (Lipinski definition) is 4. The van der Waals surface area contributed by atoms with Gasteiger partial charge < -0.3 is 9.80 Å². The fourth-order valence-electron chi connectivity index (χ4n) is 3.46. The van der Waals surface area contributed by atoms with Crippen LogP contribution in [-0.2, 0) is 0 Å². The molecule has 3 aromatic rings. The number of aryl methyl sites for hydroxylation is 1. The Bertz CT molecular complexity index is 865. The van der Waals surface area contributed by atoms with E-state index in [1.54, 1.807) is 0 Å². The minimum Gasteiger partial charge on any atom is -0.354 e. The Kier molecular flexibility index (Phi) is 4.36. The van der Waals surface area contributed by atoms with Gasteiger partial charge in [-0.25, -0.2) is 4.98 Å². The molecule has 0 aliphatic carbocycles. The van der Waals surface area contributed by atoms with Crippen molar-refractivity contribution in [3.63, 3.8) is 0 Å². The first-order valence-corrected chi connectivity index (χ1v) is 9.04. The van der Waals surface area contributed by atoms with E-state index in [1.165, 1.54) is 10.8 Å². The Balaban J connectivity index is 1.78. The smallest absolute Gasteiger partial charge is 0.137 e. The normalized spacial score (nSPS) is 15.7. The van der Waals surface area contributed by atoms with Crippen molar-refractivity contribution >= 4 is 16.6 Å². The van der Waals surface area contributed by atoms with Crippen LogP contribution in [0.2, 0.25) is 0 Å². The third-order valence-electron chi connectivity index (χ3n) is 5.05. The number of likely N-dealkylation sites (N-methyl/N-ethyl adjacent to an activating group) is 1. The van der Waals surface area contributed by atoms with E-state index in [2.05, 4.69) is 58.1 Å². The SMILES string of the molecule is CCN1CCN(c2nc(-c3ccc(C)nc3)cc3ccccc23)CC1. The average molecular weight is 332 g/mol. The summed E-state index contributed by atoms with van der Waals surface area (Å²) in [5.74, 6) is 1.10. The molecule has 4 nitrogen and oxygen atoms in total. The number of anilines is 1. The van der Waals surface area contributed by atoms with Crippen molar-refractivity contribution in [1.29, 1.82) is 0 Å². The predicted octanol–water partition coefficient (Wildman–Crippen LogP) is 3.75. The van der Waals surface area contributed by atoms with E-state index in [0.29, 0.717) is 0 Å². The van der Waals surface area contributed by atoms with Gasteiger partial charge in [0.25, 0.3) is 0 Å². The molecule has 1 saturated heterocycles. The summed E-state index contributed by atoms with van der Waals surface area (Å²) < 4.78 is 0. The Morgan fingerprint density at radius 1 is 1.00 bits per heavy atom. The van der Waals surface area contributed by atoms with Gasteiger partial charge in [-0.2, -0.15) is 0 Å². The van der Waals surface area contributed by atoms with Gasteiger partial charge in [0, 0.05) is 49.0 Å². The molecule has 0 unspecified atom stereocenters. The van der Waals surface area contributed by atoms with E-state index in [0.717, 1.165) is 55.5 Å². The van der Waals surface area contributed by atoms with Crippen LogP contribution in [0.1, 0.15) is 12.6 Å². The van der Waals surface area contributed by atoms with Gasteiger partial charge in [0.05, 0.1) is 5.69 Å². The lowest BCUT2D eigenvalue weighted by Crippen LogP contribution is -2.46. The molecule has 0 saturated carbocycles. The third kappa shape index (κ3) is 3.22. The molecule has 1 aliphatic rings. The van der Waals surface area contributed by atoms with Crippen molar-refractivity contribution in [3.05, 3.63) is 54.4 Å². The highest BCUT2D eigenvalue weighted by Gasteiger charge is 2.19. The molecule has 4 heteroatoms. The van der Waals surface area contributed by atoms with E-state index in [-0.39, 0.29) is 0 Å². The second-order valence-corrected chi connectivity index (χ2v) is 6.66. The van der Waals surface area contributed by atoms with Gasteiger partial charge in [-0.3, -0.25) is 4.98 Å². The molecule has 1 fully saturated rings. The minimum absolute atomic E-state index is 0.999. The van der Waals surface area contributed by atoms with Crippen LogP contribution in [0.25, 0.3) is 22.0 Å². The van der Waals surface area contributed by atoms with Crippen molar-refractivity contribution in [1.82, 2.24) is 14.9 Å². The van der Waals surface area contributed by atoms with Crippen LogP contribution in [0.4, 0.5) is 5.82 Å². The van der Waals surface area contributed by atoms with Crippen LogP contribution in [0.15, 0.2) is 48.7 Å². The number of pyridine rings is 2. The summed E-state index contributed by atoms with van der Waals surface area (Å²) in [5.41, 5.74) is 3.10. The molecule has 0 amide bonds. The van der Waals surface area contributed by atoms with Crippen LogP contribution in [0.5, 0.6) is 0 Å². The number of fused-ring (bicyclic) bond motifs is 1. The molecule has 1 aliphatic heterocycles. The molecule has 128 valence electrons. The topological polar surface area (TPSA) is 32.3 Å².